The number of hydrogen-bond acceptors (Lipinski definition) is 6. The Balaban J connectivity index is 1.25. The molecule has 1 saturated heterocycles. The monoisotopic (exact) mass is 491 g/mol. The van der Waals surface area contributed by atoms with Gasteiger partial charge < -0.3 is 20.2 Å². The van der Waals surface area contributed by atoms with Crippen molar-refractivity contribution in [2.75, 3.05) is 24.5 Å². The molecule has 1 aromatic heterocycles. The van der Waals surface area contributed by atoms with Crippen molar-refractivity contribution in [3.05, 3.63) is 59.5 Å². The zero-order valence-electron chi connectivity index (χ0n) is 20.4. The van der Waals surface area contributed by atoms with Crippen LogP contribution in [0.3, 0.4) is 0 Å². The van der Waals surface area contributed by atoms with Gasteiger partial charge in [-0.05, 0) is 61.1 Å². The number of likely N-dealkylation sites (tertiary alicyclic amines) is 1. The second-order valence-electron chi connectivity index (χ2n) is 9.85. The van der Waals surface area contributed by atoms with Gasteiger partial charge in [-0.2, -0.15) is 0 Å². The minimum atomic E-state index is -0.753. The molecule has 1 fully saturated rings. The zero-order chi connectivity index (χ0) is 25.4. The second-order valence-corrected chi connectivity index (χ2v) is 9.85. The third kappa shape index (κ3) is 4.57. The molecule has 2 aliphatic rings. The molecule has 2 N–H and O–H groups in total. The number of aromatic nitrogens is 2. The molecule has 2 amide bonds. The van der Waals surface area contributed by atoms with Crippen molar-refractivity contribution in [3.8, 4) is 5.88 Å². The van der Waals surface area contributed by atoms with E-state index in [4.69, 9.17) is 0 Å². The zero-order valence-corrected chi connectivity index (χ0v) is 20.4. The van der Waals surface area contributed by atoms with Gasteiger partial charge in [-0.1, -0.05) is 26.0 Å². The topological polar surface area (TPSA) is 98.7 Å². The number of carbonyl (C=O) groups excluding carboxylic acids is 2. The van der Waals surface area contributed by atoms with Crippen LogP contribution >= 0.6 is 0 Å². The van der Waals surface area contributed by atoms with Crippen molar-refractivity contribution >= 4 is 28.5 Å². The number of benzene rings is 2. The maximum absolute atomic E-state index is 13.6. The van der Waals surface area contributed by atoms with Crippen LogP contribution in [-0.4, -0.2) is 63.5 Å². The molecular formula is C27H30FN5O3. The summed E-state index contributed by atoms with van der Waals surface area (Å²) in [5, 5.41) is 13.1. The normalized spacial score (nSPS) is 16.9. The van der Waals surface area contributed by atoms with Gasteiger partial charge >= 0.3 is 0 Å². The van der Waals surface area contributed by atoms with E-state index in [0.717, 1.165) is 37.1 Å². The summed E-state index contributed by atoms with van der Waals surface area (Å²) >= 11 is 0. The fraction of sp³-hybridized carbons (Fsp3) is 0.407. The molecule has 0 bridgehead atoms. The summed E-state index contributed by atoms with van der Waals surface area (Å²) in [5.74, 6) is -1.61. The molecule has 9 heteroatoms. The number of halogens is 1. The van der Waals surface area contributed by atoms with Crippen LogP contribution in [0.4, 0.5) is 10.1 Å². The van der Waals surface area contributed by atoms with E-state index in [9.17, 15) is 19.1 Å². The molecule has 0 saturated carbocycles. The number of fused-ring (bicyclic) bond motifs is 2. The minimum Gasteiger partial charge on any atom is -0.492 e. The first-order chi connectivity index (χ1) is 17.3. The summed E-state index contributed by atoms with van der Waals surface area (Å²) in [6.45, 7) is 5.77. The highest BCUT2D eigenvalue weighted by atomic mass is 19.1. The maximum atomic E-state index is 13.6. The predicted octanol–water partition coefficient (Wildman–Crippen LogP) is 3.28. The van der Waals surface area contributed by atoms with Crippen LogP contribution in [0.2, 0.25) is 0 Å². The van der Waals surface area contributed by atoms with Crippen molar-refractivity contribution in [1.29, 1.82) is 0 Å². The summed E-state index contributed by atoms with van der Waals surface area (Å²) in [6, 6.07) is 11.5. The summed E-state index contributed by atoms with van der Waals surface area (Å²) < 4.78 is 13.6. The van der Waals surface area contributed by atoms with E-state index in [0.29, 0.717) is 24.1 Å². The molecule has 1 atom stereocenters. The Morgan fingerprint density at radius 3 is 2.44 bits per heavy atom. The summed E-state index contributed by atoms with van der Waals surface area (Å²) in [6.07, 6.45) is 2.44. The fourth-order valence-corrected chi connectivity index (χ4v) is 5.24. The Hall–Kier alpha value is -3.75. The van der Waals surface area contributed by atoms with Crippen LogP contribution in [0, 0.1) is 11.7 Å². The Morgan fingerprint density at radius 2 is 1.75 bits per heavy atom. The van der Waals surface area contributed by atoms with Crippen molar-refractivity contribution in [3.63, 3.8) is 0 Å². The van der Waals surface area contributed by atoms with Crippen LogP contribution in [0.5, 0.6) is 5.88 Å². The fourth-order valence-electron chi connectivity index (χ4n) is 5.24. The average molecular weight is 492 g/mol. The number of rotatable bonds is 5. The molecule has 3 heterocycles. The molecule has 8 nitrogen and oxygen atoms in total. The lowest BCUT2D eigenvalue weighted by Gasteiger charge is -2.39. The molecule has 0 unspecified atom stereocenters. The van der Waals surface area contributed by atoms with Crippen molar-refractivity contribution < 1.29 is 19.1 Å². The van der Waals surface area contributed by atoms with Crippen LogP contribution in [-0.2, 0) is 11.2 Å². The molecule has 2 aliphatic heterocycles. The number of piperidine rings is 1. The van der Waals surface area contributed by atoms with Gasteiger partial charge in [0, 0.05) is 31.4 Å². The summed E-state index contributed by atoms with van der Waals surface area (Å²) in [5.41, 5.74) is 2.90. The first kappa shape index (κ1) is 24.0. The number of hydrogen-bond donors (Lipinski definition) is 2. The highest BCUT2D eigenvalue weighted by Gasteiger charge is 2.35. The average Bonchev–Trinajstić information content (AvgIpc) is 3.29. The highest BCUT2D eigenvalue weighted by molar-refractivity contribution is 5.99. The number of aromatic hydroxyl groups is 1. The minimum absolute atomic E-state index is 0.145. The smallest absolute Gasteiger partial charge is 0.276 e. The van der Waals surface area contributed by atoms with E-state index in [1.54, 1.807) is 35.2 Å². The molecule has 2 aromatic carbocycles. The van der Waals surface area contributed by atoms with Crippen LogP contribution in [0.1, 0.15) is 42.7 Å². The van der Waals surface area contributed by atoms with Gasteiger partial charge in [-0.3, -0.25) is 9.59 Å². The van der Waals surface area contributed by atoms with Gasteiger partial charge in [0.2, 0.25) is 11.8 Å². The third-order valence-electron chi connectivity index (χ3n) is 7.18. The van der Waals surface area contributed by atoms with E-state index >= 15 is 0 Å². The molecule has 36 heavy (non-hydrogen) atoms. The first-order valence-corrected chi connectivity index (χ1v) is 12.4. The van der Waals surface area contributed by atoms with Gasteiger partial charge in [0.15, 0.2) is 5.69 Å². The predicted molar refractivity (Wildman–Crippen MR) is 134 cm³/mol. The SMILES string of the molecule is CC(C)[C@H](NC(=O)c1nc2ccccc2nc1O)C(=O)N1CCC(N2CCc3cc(F)ccc32)CC1. The van der Waals surface area contributed by atoms with Crippen molar-refractivity contribution in [1.82, 2.24) is 20.2 Å². The van der Waals surface area contributed by atoms with Crippen molar-refractivity contribution in [2.45, 2.75) is 45.2 Å². The number of amides is 2. The largest absolute Gasteiger partial charge is 0.492 e. The Morgan fingerprint density at radius 1 is 1.06 bits per heavy atom. The van der Waals surface area contributed by atoms with E-state index in [1.165, 1.54) is 6.07 Å². The Kier molecular flexibility index (Phi) is 6.47. The first-order valence-electron chi connectivity index (χ1n) is 12.4. The lowest BCUT2D eigenvalue weighted by Crippen LogP contribution is -2.54. The lowest BCUT2D eigenvalue weighted by molar-refractivity contribution is -0.135. The molecule has 188 valence electrons. The third-order valence-corrected chi connectivity index (χ3v) is 7.18. The second kappa shape index (κ2) is 9.72. The van der Waals surface area contributed by atoms with E-state index in [2.05, 4.69) is 20.2 Å². The van der Waals surface area contributed by atoms with Gasteiger partial charge in [0.25, 0.3) is 5.91 Å². The molecule has 0 radical (unpaired) electrons. The highest BCUT2D eigenvalue weighted by Crippen LogP contribution is 2.33. The van der Waals surface area contributed by atoms with E-state index < -0.39 is 17.8 Å². The number of anilines is 1. The number of nitrogens with one attached hydrogen (secondary N) is 1. The molecule has 5 rings (SSSR count). The van der Waals surface area contributed by atoms with E-state index in [1.807, 2.05) is 19.9 Å². The number of para-hydroxylation sites is 2. The molecule has 3 aromatic rings. The van der Waals surface area contributed by atoms with E-state index in [-0.39, 0.29) is 29.4 Å². The maximum Gasteiger partial charge on any atom is 0.276 e. The number of carbonyl (C=O) groups is 2. The van der Waals surface area contributed by atoms with Crippen LogP contribution in [0.15, 0.2) is 42.5 Å². The van der Waals surface area contributed by atoms with Crippen LogP contribution in [0.25, 0.3) is 11.0 Å². The van der Waals surface area contributed by atoms with Gasteiger partial charge in [-0.15, -0.1) is 0 Å². The standard InChI is InChI=1S/C27H30FN5O3/c1-16(2)23(31-26(35)24-25(34)30-21-6-4-3-5-20(21)29-24)27(36)32-12-10-19(11-13-32)33-14-9-17-15-18(28)7-8-22(17)33/h3-8,15-16,19,23H,9-14H2,1-2H3,(H,30,34)(H,31,35)/t23-/m0/s1. The molecular weight excluding hydrogens is 461 g/mol. The Bertz CT molecular complexity index is 1310. The Labute approximate surface area is 209 Å². The summed E-state index contributed by atoms with van der Waals surface area (Å²) in [7, 11) is 0. The number of nitrogens with zero attached hydrogens (tertiary/aromatic N) is 4. The van der Waals surface area contributed by atoms with Gasteiger partial charge in [-0.25, -0.2) is 14.4 Å². The van der Waals surface area contributed by atoms with Gasteiger partial charge in [0.1, 0.15) is 11.9 Å². The molecule has 0 aliphatic carbocycles. The van der Waals surface area contributed by atoms with Crippen molar-refractivity contribution in [2.24, 2.45) is 5.92 Å². The molecule has 0 spiro atoms. The van der Waals surface area contributed by atoms with Gasteiger partial charge in [0.05, 0.1) is 11.0 Å². The van der Waals surface area contributed by atoms with Crippen LogP contribution < -0.4 is 10.2 Å². The lowest BCUT2D eigenvalue weighted by atomic mass is 9.98. The quantitative estimate of drug-likeness (QED) is 0.569. The summed E-state index contributed by atoms with van der Waals surface area (Å²) in [4.78, 5) is 38.9.